The lowest BCUT2D eigenvalue weighted by Gasteiger charge is -2.09. The smallest absolute Gasteiger partial charge is 0.134 e. The van der Waals surface area contributed by atoms with Crippen molar-refractivity contribution in [2.45, 2.75) is 20.0 Å². The lowest BCUT2D eigenvalue weighted by molar-refractivity contribution is 0.241. The first-order valence-electron chi connectivity index (χ1n) is 4.22. The third kappa shape index (κ3) is 2.58. The van der Waals surface area contributed by atoms with E-state index in [1.54, 1.807) is 12.1 Å². The Hall–Kier alpha value is -1.31. The van der Waals surface area contributed by atoms with Gasteiger partial charge in [0.25, 0.3) is 0 Å². The van der Waals surface area contributed by atoms with Crippen LogP contribution in [0.1, 0.15) is 19.4 Å². The van der Waals surface area contributed by atoms with Crippen molar-refractivity contribution in [3.8, 4) is 5.75 Å². The lowest BCUT2D eigenvalue weighted by Crippen LogP contribution is -2.05. The van der Waals surface area contributed by atoms with Crippen molar-refractivity contribution < 1.29 is 9.13 Å². The minimum atomic E-state index is -0.298. The van der Waals surface area contributed by atoms with Crippen LogP contribution in [0.3, 0.4) is 0 Å². The van der Waals surface area contributed by atoms with E-state index in [4.69, 9.17) is 4.74 Å². The third-order valence-corrected chi connectivity index (χ3v) is 1.56. The van der Waals surface area contributed by atoms with Gasteiger partial charge in [0, 0.05) is 11.6 Å². The lowest BCUT2D eigenvalue weighted by atomic mass is 10.2. The van der Waals surface area contributed by atoms with Crippen molar-refractivity contribution in [3.63, 3.8) is 0 Å². The molecule has 0 heterocycles. The van der Waals surface area contributed by atoms with Crippen molar-refractivity contribution in [2.75, 3.05) is 0 Å². The van der Waals surface area contributed by atoms with E-state index in [2.05, 4.69) is 6.58 Å². The van der Waals surface area contributed by atoms with Gasteiger partial charge in [0.05, 0.1) is 6.10 Å². The molecular weight excluding hydrogens is 167 g/mol. The third-order valence-electron chi connectivity index (χ3n) is 1.56. The van der Waals surface area contributed by atoms with Crippen molar-refractivity contribution in [1.29, 1.82) is 0 Å². The number of ether oxygens (including phenoxy) is 1. The quantitative estimate of drug-likeness (QED) is 0.693. The first-order chi connectivity index (χ1) is 6.13. The molecule has 0 aromatic heterocycles. The predicted octanol–water partition coefficient (Wildman–Crippen LogP) is 3.26. The number of hydrogen-bond acceptors (Lipinski definition) is 1. The predicted molar refractivity (Wildman–Crippen MR) is 52.3 cm³/mol. The summed E-state index contributed by atoms with van der Waals surface area (Å²) in [6.07, 6.45) is 1.54. The molecule has 0 bridgehead atoms. The molecule has 0 saturated carbocycles. The molecule has 1 aromatic rings. The van der Waals surface area contributed by atoms with Gasteiger partial charge >= 0.3 is 0 Å². The summed E-state index contributed by atoms with van der Waals surface area (Å²) < 4.78 is 18.5. The molecule has 0 saturated heterocycles. The highest BCUT2D eigenvalue weighted by atomic mass is 19.1. The van der Waals surface area contributed by atoms with Gasteiger partial charge in [-0.15, -0.1) is 0 Å². The highest BCUT2D eigenvalue weighted by Crippen LogP contribution is 2.18. The summed E-state index contributed by atoms with van der Waals surface area (Å²) in [6.45, 7) is 7.31. The fourth-order valence-corrected chi connectivity index (χ4v) is 1.02. The Kier molecular flexibility index (Phi) is 3.07. The van der Waals surface area contributed by atoms with Crippen LogP contribution in [0.4, 0.5) is 4.39 Å². The first-order valence-corrected chi connectivity index (χ1v) is 4.22. The Morgan fingerprint density at radius 1 is 1.46 bits per heavy atom. The molecule has 0 radical (unpaired) electrons. The van der Waals surface area contributed by atoms with Crippen LogP contribution >= 0.6 is 0 Å². The van der Waals surface area contributed by atoms with Crippen molar-refractivity contribution in [3.05, 3.63) is 36.2 Å². The summed E-state index contributed by atoms with van der Waals surface area (Å²) >= 11 is 0. The molecule has 0 atom stereocenters. The van der Waals surface area contributed by atoms with E-state index in [1.165, 1.54) is 12.1 Å². The second-order valence-corrected chi connectivity index (χ2v) is 3.05. The summed E-state index contributed by atoms with van der Waals surface area (Å²) in [5, 5.41) is 0. The fraction of sp³-hybridized carbons (Fsp3) is 0.273. The second kappa shape index (κ2) is 4.08. The van der Waals surface area contributed by atoms with E-state index in [9.17, 15) is 4.39 Å². The van der Waals surface area contributed by atoms with Gasteiger partial charge in [0.2, 0.25) is 0 Å². The van der Waals surface area contributed by atoms with Crippen LogP contribution in [0.2, 0.25) is 0 Å². The van der Waals surface area contributed by atoms with Crippen molar-refractivity contribution in [2.24, 2.45) is 0 Å². The molecule has 0 aliphatic carbocycles. The number of benzene rings is 1. The Morgan fingerprint density at radius 2 is 2.15 bits per heavy atom. The normalized spacial score (nSPS) is 10.2. The molecule has 2 heteroatoms. The maximum atomic E-state index is 13.1. The first kappa shape index (κ1) is 9.78. The zero-order valence-electron chi connectivity index (χ0n) is 7.88. The molecule has 1 rings (SSSR count). The van der Waals surface area contributed by atoms with E-state index >= 15 is 0 Å². The van der Waals surface area contributed by atoms with Crippen LogP contribution in [-0.2, 0) is 0 Å². The molecule has 1 nitrogen and oxygen atoms in total. The monoisotopic (exact) mass is 180 g/mol. The number of halogens is 1. The Bertz CT molecular complexity index is 305. The second-order valence-electron chi connectivity index (χ2n) is 3.05. The molecule has 0 aliphatic rings. The summed E-state index contributed by atoms with van der Waals surface area (Å²) in [4.78, 5) is 0. The van der Waals surface area contributed by atoms with Crippen LogP contribution in [0.25, 0.3) is 6.08 Å². The maximum Gasteiger partial charge on any atom is 0.134 e. The van der Waals surface area contributed by atoms with Crippen molar-refractivity contribution in [1.82, 2.24) is 0 Å². The van der Waals surface area contributed by atoms with Crippen LogP contribution in [-0.4, -0.2) is 6.10 Å². The van der Waals surface area contributed by atoms with Gasteiger partial charge in [0.15, 0.2) is 0 Å². The minimum Gasteiger partial charge on any atom is -0.491 e. The number of hydrogen-bond donors (Lipinski definition) is 0. The molecule has 0 spiro atoms. The molecule has 0 fully saturated rings. The zero-order valence-corrected chi connectivity index (χ0v) is 7.88. The van der Waals surface area contributed by atoms with E-state index in [-0.39, 0.29) is 11.9 Å². The maximum absolute atomic E-state index is 13.1. The molecule has 0 aliphatic heterocycles. The van der Waals surface area contributed by atoms with Crippen molar-refractivity contribution >= 4 is 6.08 Å². The summed E-state index contributed by atoms with van der Waals surface area (Å²) in [5.41, 5.74) is 0.496. The zero-order chi connectivity index (χ0) is 9.84. The largest absolute Gasteiger partial charge is 0.491 e. The SMILES string of the molecule is C=Cc1ccc(OC(C)C)cc1F. The van der Waals surface area contributed by atoms with Gasteiger partial charge < -0.3 is 4.74 Å². The van der Waals surface area contributed by atoms with Gasteiger partial charge in [0.1, 0.15) is 11.6 Å². The Balaban J connectivity index is 2.89. The Labute approximate surface area is 77.8 Å². The summed E-state index contributed by atoms with van der Waals surface area (Å²) in [5.74, 6) is 0.256. The molecule has 0 amide bonds. The van der Waals surface area contributed by atoms with Gasteiger partial charge in [-0.3, -0.25) is 0 Å². The van der Waals surface area contributed by atoms with E-state index < -0.39 is 0 Å². The van der Waals surface area contributed by atoms with E-state index in [1.807, 2.05) is 13.8 Å². The van der Waals surface area contributed by atoms with E-state index in [0.717, 1.165) is 0 Å². The van der Waals surface area contributed by atoms with E-state index in [0.29, 0.717) is 11.3 Å². The molecule has 0 N–H and O–H groups in total. The van der Waals surface area contributed by atoms with Crippen LogP contribution in [0, 0.1) is 5.82 Å². The Morgan fingerprint density at radius 3 is 2.62 bits per heavy atom. The fourth-order valence-electron chi connectivity index (χ4n) is 1.02. The minimum absolute atomic E-state index is 0.0639. The van der Waals surface area contributed by atoms with Gasteiger partial charge in [-0.1, -0.05) is 12.7 Å². The molecule has 0 unspecified atom stereocenters. The highest BCUT2D eigenvalue weighted by Gasteiger charge is 2.02. The molecular formula is C11H13FO. The molecule has 13 heavy (non-hydrogen) atoms. The van der Waals surface area contributed by atoms with Crippen LogP contribution < -0.4 is 4.74 Å². The molecule has 1 aromatic carbocycles. The number of rotatable bonds is 3. The van der Waals surface area contributed by atoms with Gasteiger partial charge in [-0.25, -0.2) is 4.39 Å². The van der Waals surface area contributed by atoms with Crippen LogP contribution in [0.15, 0.2) is 24.8 Å². The van der Waals surface area contributed by atoms with Gasteiger partial charge in [-0.2, -0.15) is 0 Å². The topological polar surface area (TPSA) is 9.23 Å². The average molecular weight is 180 g/mol. The van der Waals surface area contributed by atoms with Gasteiger partial charge in [-0.05, 0) is 26.0 Å². The van der Waals surface area contributed by atoms with Crippen LogP contribution in [0.5, 0.6) is 5.75 Å². The standard InChI is InChI=1S/C11H13FO/c1-4-9-5-6-10(7-11(9)12)13-8(2)3/h4-8H,1H2,2-3H3. The highest BCUT2D eigenvalue weighted by molar-refractivity contribution is 5.49. The average Bonchev–Trinajstić information content (AvgIpc) is 2.03. The molecule has 70 valence electrons. The summed E-state index contributed by atoms with van der Waals surface area (Å²) in [7, 11) is 0. The summed E-state index contributed by atoms with van der Waals surface area (Å²) in [6, 6.07) is 4.76.